The van der Waals surface area contributed by atoms with Gasteiger partial charge < -0.3 is 10.1 Å². The van der Waals surface area contributed by atoms with E-state index in [0.29, 0.717) is 6.54 Å². The number of carbonyl (C=O) groups excluding carboxylic acids is 1. The maximum atomic E-state index is 12.2. The highest BCUT2D eigenvalue weighted by Crippen LogP contribution is 2.27. The predicted molar refractivity (Wildman–Crippen MR) is 109 cm³/mol. The Hall–Kier alpha value is -1.56. The molecule has 142 valence electrons. The molecule has 26 heavy (non-hydrogen) atoms. The minimum absolute atomic E-state index is 0. The van der Waals surface area contributed by atoms with Crippen LogP contribution in [0.1, 0.15) is 36.2 Å². The molecule has 1 N–H and O–H groups in total. The third kappa shape index (κ3) is 5.73. The van der Waals surface area contributed by atoms with Crippen molar-refractivity contribution < 1.29 is 9.53 Å². The first-order valence-corrected chi connectivity index (χ1v) is 9.90. The standard InChI is InChI=1S/C20H26N2O2S.ClH/c1-2-16-7-9-17(10-8-16)24-15-20(23)21-14-18(19-6-5-13-25-19)22-11-3-4-12-22;/h5-10,13,18H,2-4,11-12,14-15H2,1H3,(H,21,23);1H. The molecule has 1 aliphatic heterocycles. The van der Waals surface area contributed by atoms with Crippen LogP contribution in [-0.4, -0.2) is 37.0 Å². The minimum atomic E-state index is -0.0691. The lowest BCUT2D eigenvalue weighted by Gasteiger charge is -2.26. The van der Waals surface area contributed by atoms with E-state index in [9.17, 15) is 4.79 Å². The van der Waals surface area contributed by atoms with Crippen molar-refractivity contribution >= 4 is 29.7 Å². The normalized spacial score (nSPS) is 15.3. The van der Waals surface area contributed by atoms with Gasteiger partial charge in [0.15, 0.2) is 6.61 Å². The zero-order valence-electron chi connectivity index (χ0n) is 15.1. The average molecular weight is 395 g/mol. The quantitative estimate of drug-likeness (QED) is 0.733. The van der Waals surface area contributed by atoms with Crippen LogP contribution < -0.4 is 10.1 Å². The number of nitrogens with zero attached hydrogens (tertiary/aromatic N) is 1. The Balaban J connectivity index is 0.00000243. The van der Waals surface area contributed by atoms with E-state index >= 15 is 0 Å². The van der Waals surface area contributed by atoms with Crippen LogP contribution in [0.4, 0.5) is 0 Å². The van der Waals surface area contributed by atoms with E-state index in [1.807, 2.05) is 24.3 Å². The summed E-state index contributed by atoms with van der Waals surface area (Å²) in [5.41, 5.74) is 1.27. The van der Waals surface area contributed by atoms with Gasteiger partial charge in [0.25, 0.3) is 5.91 Å². The Morgan fingerprint density at radius 2 is 1.96 bits per heavy atom. The van der Waals surface area contributed by atoms with Crippen LogP contribution in [0.5, 0.6) is 5.75 Å². The molecule has 0 saturated carbocycles. The molecule has 0 bridgehead atoms. The Morgan fingerprint density at radius 1 is 1.23 bits per heavy atom. The molecule has 1 saturated heterocycles. The number of ether oxygens (including phenoxy) is 1. The molecular weight excluding hydrogens is 368 g/mol. The fraction of sp³-hybridized carbons (Fsp3) is 0.450. The SMILES string of the molecule is CCc1ccc(OCC(=O)NCC(c2cccs2)N2CCCC2)cc1.Cl. The number of benzene rings is 1. The van der Waals surface area contributed by atoms with Gasteiger partial charge in [0.1, 0.15) is 5.75 Å². The molecule has 4 nitrogen and oxygen atoms in total. The lowest BCUT2D eigenvalue weighted by molar-refractivity contribution is -0.123. The molecule has 1 aromatic heterocycles. The molecule has 2 heterocycles. The first kappa shape index (κ1) is 20.7. The Bertz CT molecular complexity index is 655. The third-order valence-corrected chi connectivity index (χ3v) is 5.62. The summed E-state index contributed by atoms with van der Waals surface area (Å²) in [6.07, 6.45) is 3.49. The number of thiophene rings is 1. The molecular formula is C20H27ClN2O2S. The zero-order valence-corrected chi connectivity index (χ0v) is 16.8. The number of aryl methyl sites for hydroxylation is 1. The summed E-state index contributed by atoms with van der Waals surface area (Å²) >= 11 is 1.76. The lowest BCUT2D eigenvalue weighted by Crippen LogP contribution is -2.38. The summed E-state index contributed by atoms with van der Waals surface area (Å²) in [5, 5.41) is 5.14. The molecule has 1 fully saturated rings. The molecule has 1 amide bonds. The van der Waals surface area contributed by atoms with Gasteiger partial charge in [0.2, 0.25) is 0 Å². The van der Waals surface area contributed by atoms with Gasteiger partial charge in [-0.15, -0.1) is 23.7 Å². The van der Waals surface area contributed by atoms with Crippen molar-refractivity contribution in [2.75, 3.05) is 26.2 Å². The van der Waals surface area contributed by atoms with E-state index in [0.717, 1.165) is 25.3 Å². The van der Waals surface area contributed by atoms with E-state index in [1.165, 1.54) is 23.3 Å². The van der Waals surface area contributed by atoms with Crippen molar-refractivity contribution in [1.82, 2.24) is 10.2 Å². The smallest absolute Gasteiger partial charge is 0.258 e. The lowest BCUT2D eigenvalue weighted by atomic mass is 10.2. The second kappa shape index (κ2) is 10.6. The summed E-state index contributed by atoms with van der Waals surface area (Å²) in [7, 11) is 0. The second-order valence-corrected chi connectivity index (χ2v) is 7.34. The molecule has 1 atom stereocenters. The maximum Gasteiger partial charge on any atom is 0.258 e. The fourth-order valence-electron chi connectivity index (χ4n) is 3.18. The topological polar surface area (TPSA) is 41.6 Å². The van der Waals surface area contributed by atoms with Gasteiger partial charge in [-0.05, 0) is 61.5 Å². The molecule has 0 aliphatic carbocycles. The van der Waals surface area contributed by atoms with E-state index in [1.54, 1.807) is 11.3 Å². The monoisotopic (exact) mass is 394 g/mol. The van der Waals surface area contributed by atoms with E-state index in [2.05, 4.69) is 34.7 Å². The summed E-state index contributed by atoms with van der Waals surface area (Å²) in [6, 6.07) is 12.4. The first-order valence-electron chi connectivity index (χ1n) is 9.02. The molecule has 3 rings (SSSR count). The summed E-state index contributed by atoms with van der Waals surface area (Å²) < 4.78 is 5.59. The van der Waals surface area contributed by atoms with Crippen LogP contribution in [0.3, 0.4) is 0 Å². The fourth-order valence-corrected chi connectivity index (χ4v) is 4.04. The van der Waals surface area contributed by atoms with Gasteiger partial charge in [0, 0.05) is 11.4 Å². The van der Waals surface area contributed by atoms with Crippen LogP contribution in [0.25, 0.3) is 0 Å². The molecule has 1 unspecified atom stereocenters. The summed E-state index contributed by atoms with van der Waals surface area (Å²) in [5.74, 6) is 0.669. The number of nitrogens with one attached hydrogen (secondary N) is 1. The average Bonchev–Trinajstić information content (AvgIpc) is 3.35. The van der Waals surface area contributed by atoms with Crippen molar-refractivity contribution in [2.24, 2.45) is 0 Å². The highest BCUT2D eigenvalue weighted by molar-refractivity contribution is 7.10. The van der Waals surface area contributed by atoms with E-state index in [4.69, 9.17) is 4.74 Å². The van der Waals surface area contributed by atoms with Gasteiger partial charge >= 0.3 is 0 Å². The first-order chi connectivity index (χ1) is 12.3. The van der Waals surface area contributed by atoms with Gasteiger partial charge in [0.05, 0.1) is 6.04 Å². The Labute approximate surface area is 166 Å². The Kier molecular flexibility index (Phi) is 8.42. The van der Waals surface area contributed by atoms with Crippen LogP contribution >= 0.6 is 23.7 Å². The van der Waals surface area contributed by atoms with Gasteiger partial charge in [-0.3, -0.25) is 9.69 Å². The molecule has 1 aliphatic rings. The van der Waals surface area contributed by atoms with Crippen molar-refractivity contribution in [1.29, 1.82) is 0 Å². The largest absolute Gasteiger partial charge is 0.484 e. The van der Waals surface area contributed by atoms with Crippen LogP contribution in [0.2, 0.25) is 0 Å². The van der Waals surface area contributed by atoms with Gasteiger partial charge in [-0.25, -0.2) is 0 Å². The van der Waals surface area contributed by atoms with Crippen molar-refractivity contribution in [3.05, 3.63) is 52.2 Å². The number of carbonyl (C=O) groups is 1. The molecule has 0 radical (unpaired) electrons. The second-order valence-electron chi connectivity index (χ2n) is 6.36. The van der Waals surface area contributed by atoms with Crippen LogP contribution in [-0.2, 0) is 11.2 Å². The maximum absolute atomic E-state index is 12.2. The number of hydrogen-bond acceptors (Lipinski definition) is 4. The number of rotatable bonds is 8. The van der Waals surface area contributed by atoms with E-state index in [-0.39, 0.29) is 31.0 Å². The third-order valence-electron chi connectivity index (χ3n) is 4.65. The number of likely N-dealkylation sites (tertiary alicyclic amines) is 1. The molecule has 2 aromatic rings. The predicted octanol–water partition coefficient (Wildman–Crippen LogP) is 4.06. The van der Waals surface area contributed by atoms with Crippen molar-refractivity contribution in [3.63, 3.8) is 0 Å². The van der Waals surface area contributed by atoms with Crippen LogP contribution in [0.15, 0.2) is 41.8 Å². The number of halogens is 1. The van der Waals surface area contributed by atoms with Gasteiger partial charge in [-0.1, -0.05) is 25.1 Å². The van der Waals surface area contributed by atoms with Crippen molar-refractivity contribution in [2.45, 2.75) is 32.2 Å². The molecule has 1 aromatic carbocycles. The van der Waals surface area contributed by atoms with Gasteiger partial charge in [-0.2, -0.15) is 0 Å². The molecule has 0 spiro atoms. The Morgan fingerprint density at radius 3 is 2.58 bits per heavy atom. The number of amides is 1. The van der Waals surface area contributed by atoms with Crippen molar-refractivity contribution in [3.8, 4) is 5.75 Å². The summed E-state index contributed by atoms with van der Waals surface area (Å²) in [6.45, 7) is 5.03. The minimum Gasteiger partial charge on any atom is -0.484 e. The highest BCUT2D eigenvalue weighted by Gasteiger charge is 2.24. The van der Waals surface area contributed by atoms with Crippen LogP contribution in [0, 0.1) is 0 Å². The summed E-state index contributed by atoms with van der Waals surface area (Å²) in [4.78, 5) is 16.0. The molecule has 6 heteroatoms. The number of hydrogen-bond donors (Lipinski definition) is 1. The van der Waals surface area contributed by atoms with E-state index < -0.39 is 0 Å². The zero-order chi connectivity index (χ0) is 17.5. The highest BCUT2D eigenvalue weighted by atomic mass is 35.5.